The van der Waals surface area contributed by atoms with Gasteiger partial charge in [0.05, 0.1) is 25.4 Å². The van der Waals surface area contributed by atoms with Gasteiger partial charge in [-0.15, -0.1) is 0 Å². The van der Waals surface area contributed by atoms with E-state index in [1.165, 1.54) is 372 Å². The van der Waals surface area contributed by atoms with E-state index < -0.39 is 0 Å². The van der Waals surface area contributed by atoms with E-state index in [-0.39, 0.29) is 12.2 Å². The second kappa shape index (κ2) is 55.2. The summed E-state index contributed by atoms with van der Waals surface area (Å²) in [4.78, 5) is 0. The largest absolute Gasteiger partial charge is 0.370 e. The van der Waals surface area contributed by atoms with Gasteiger partial charge in [-0.25, -0.2) is 0 Å². The molecule has 0 bridgehead atoms. The Morgan fingerprint density at radius 3 is 0.548 bits per heavy atom. The maximum Gasteiger partial charge on any atom is 0.107 e. The summed E-state index contributed by atoms with van der Waals surface area (Å²) < 4.78 is 19.7. The molecule has 6 atom stereocenters. The van der Waals surface area contributed by atoms with Crippen molar-refractivity contribution >= 4 is 0 Å². The third-order valence-electron chi connectivity index (χ3n) is 17.9. The van der Waals surface area contributed by atoms with Crippen LogP contribution in [0.15, 0.2) is 0 Å². The number of rotatable bonds is 64. The standard InChI is InChI=1S/C70H138O3/c1-5-9-13-17-21-25-29-33-35-39-43-47-51-55-59-65(57-53-49-45-41-37-31-27-23-19-15-11-7-3)61-67(69-63-71-69)73-68(70-64-72-70)62-66(58-54-50-46-42-38-32-28-24-20-16-12-8-4)60-56-52-48-44-40-36-34-30-26-22-18-14-10-6-2/h65-70H,5-64H2,1-4H3. The predicted molar refractivity (Wildman–Crippen MR) is 326 cm³/mol. The Hall–Kier alpha value is -0.120. The van der Waals surface area contributed by atoms with Gasteiger partial charge in [0.25, 0.3) is 0 Å². The van der Waals surface area contributed by atoms with Crippen molar-refractivity contribution in [2.75, 3.05) is 13.2 Å². The topological polar surface area (TPSA) is 34.3 Å². The molecule has 0 aromatic carbocycles. The first-order chi connectivity index (χ1) is 36.2. The van der Waals surface area contributed by atoms with Crippen molar-refractivity contribution in [3.63, 3.8) is 0 Å². The monoisotopic (exact) mass is 1030 g/mol. The maximum atomic E-state index is 7.38. The molecule has 2 rings (SSSR count). The lowest BCUT2D eigenvalue weighted by Gasteiger charge is -2.29. The fourth-order valence-electron chi connectivity index (χ4n) is 12.6. The normalized spacial score (nSPS) is 17.1. The summed E-state index contributed by atoms with van der Waals surface area (Å²) in [6.07, 6.45) is 84.1. The molecule has 2 saturated heterocycles. The van der Waals surface area contributed by atoms with Crippen LogP contribution >= 0.6 is 0 Å². The molecule has 0 N–H and O–H groups in total. The predicted octanol–water partition coefficient (Wildman–Crippen LogP) is 24.5. The molecule has 0 spiro atoms. The molecule has 3 nitrogen and oxygen atoms in total. The van der Waals surface area contributed by atoms with Crippen LogP contribution in [0.1, 0.15) is 400 Å². The van der Waals surface area contributed by atoms with E-state index in [4.69, 9.17) is 14.2 Å². The van der Waals surface area contributed by atoms with E-state index in [0.717, 1.165) is 25.0 Å². The van der Waals surface area contributed by atoms with Crippen LogP contribution in [0.25, 0.3) is 0 Å². The zero-order valence-electron chi connectivity index (χ0n) is 51.1. The van der Waals surface area contributed by atoms with Crippen molar-refractivity contribution in [1.29, 1.82) is 0 Å². The van der Waals surface area contributed by atoms with Crippen LogP contribution in [-0.4, -0.2) is 37.6 Å². The lowest BCUT2D eigenvalue weighted by atomic mass is 9.87. The van der Waals surface area contributed by atoms with E-state index in [2.05, 4.69) is 27.7 Å². The van der Waals surface area contributed by atoms with Gasteiger partial charge < -0.3 is 14.2 Å². The van der Waals surface area contributed by atoms with Crippen molar-refractivity contribution in [2.45, 2.75) is 425 Å². The Morgan fingerprint density at radius 2 is 0.397 bits per heavy atom. The van der Waals surface area contributed by atoms with Crippen LogP contribution in [-0.2, 0) is 14.2 Å². The highest BCUT2D eigenvalue weighted by Gasteiger charge is 2.42. The maximum absolute atomic E-state index is 7.38. The van der Waals surface area contributed by atoms with Gasteiger partial charge in [-0.1, -0.05) is 387 Å². The molecular formula is C70H138O3. The number of epoxide rings is 2. The highest BCUT2D eigenvalue weighted by molar-refractivity contribution is 4.89. The van der Waals surface area contributed by atoms with Crippen LogP contribution in [0, 0.1) is 11.8 Å². The van der Waals surface area contributed by atoms with Crippen molar-refractivity contribution < 1.29 is 14.2 Å². The zero-order valence-corrected chi connectivity index (χ0v) is 51.1. The lowest BCUT2D eigenvalue weighted by molar-refractivity contribution is -0.0598. The van der Waals surface area contributed by atoms with Crippen LogP contribution in [0.4, 0.5) is 0 Å². The van der Waals surface area contributed by atoms with E-state index >= 15 is 0 Å². The summed E-state index contributed by atoms with van der Waals surface area (Å²) in [5.74, 6) is 1.56. The molecule has 0 aliphatic carbocycles. The third-order valence-corrected chi connectivity index (χ3v) is 17.9. The van der Waals surface area contributed by atoms with Crippen molar-refractivity contribution in [2.24, 2.45) is 11.8 Å². The molecular weight excluding hydrogens is 889 g/mol. The van der Waals surface area contributed by atoms with E-state index in [1.807, 2.05) is 0 Å². The molecule has 0 aromatic rings. The molecule has 0 radical (unpaired) electrons. The number of unbranched alkanes of at least 4 members (excludes halogenated alkanes) is 48. The first-order valence-electron chi connectivity index (χ1n) is 35.1. The minimum Gasteiger partial charge on any atom is -0.370 e. The molecule has 2 fully saturated rings. The summed E-state index contributed by atoms with van der Waals surface area (Å²) >= 11 is 0. The van der Waals surface area contributed by atoms with Gasteiger partial charge in [0.2, 0.25) is 0 Å². The fourth-order valence-corrected chi connectivity index (χ4v) is 12.6. The molecule has 73 heavy (non-hydrogen) atoms. The van der Waals surface area contributed by atoms with Crippen molar-refractivity contribution in [3.05, 3.63) is 0 Å². The van der Waals surface area contributed by atoms with Gasteiger partial charge in [-0.3, -0.25) is 0 Å². The minimum absolute atomic E-state index is 0.261. The summed E-state index contributed by atoms with van der Waals surface area (Å²) in [6.45, 7) is 11.1. The molecule has 2 heterocycles. The minimum atomic E-state index is 0.261. The second-order valence-electron chi connectivity index (χ2n) is 25.3. The van der Waals surface area contributed by atoms with Crippen LogP contribution in [0.5, 0.6) is 0 Å². The Morgan fingerprint density at radius 1 is 0.247 bits per heavy atom. The molecule has 6 unspecified atom stereocenters. The first kappa shape index (κ1) is 69.0. The molecule has 2 aliphatic heterocycles. The smallest absolute Gasteiger partial charge is 0.107 e. The van der Waals surface area contributed by atoms with E-state index in [0.29, 0.717) is 12.2 Å². The quantitative estimate of drug-likeness (QED) is 0.0450. The molecule has 0 aromatic heterocycles. The van der Waals surface area contributed by atoms with E-state index in [9.17, 15) is 0 Å². The fraction of sp³-hybridized carbons (Fsp3) is 1.00. The lowest BCUT2D eigenvalue weighted by Crippen LogP contribution is -2.33. The van der Waals surface area contributed by atoms with Gasteiger partial charge in [-0.05, 0) is 24.7 Å². The number of hydrogen-bond acceptors (Lipinski definition) is 3. The van der Waals surface area contributed by atoms with E-state index in [1.54, 1.807) is 0 Å². The Balaban J connectivity index is 1.88. The highest BCUT2D eigenvalue weighted by atomic mass is 16.6. The number of hydrogen-bond donors (Lipinski definition) is 0. The van der Waals surface area contributed by atoms with Crippen LogP contribution < -0.4 is 0 Å². The average Bonchev–Trinajstić information content (AvgIpc) is 4.35. The highest BCUT2D eigenvalue weighted by Crippen LogP contribution is 2.35. The summed E-state index contributed by atoms with van der Waals surface area (Å²) in [5, 5.41) is 0. The van der Waals surface area contributed by atoms with Crippen molar-refractivity contribution in [1.82, 2.24) is 0 Å². The number of ether oxygens (including phenoxy) is 3. The summed E-state index contributed by atoms with van der Waals surface area (Å²) in [6, 6.07) is 0. The van der Waals surface area contributed by atoms with Gasteiger partial charge >= 0.3 is 0 Å². The third kappa shape index (κ3) is 47.6. The van der Waals surface area contributed by atoms with Gasteiger partial charge in [-0.2, -0.15) is 0 Å². The summed E-state index contributed by atoms with van der Waals surface area (Å²) in [5.41, 5.74) is 0. The Labute approximate surface area is 461 Å². The summed E-state index contributed by atoms with van der Waals surface area (Å²) in [7, 11) is 0. The van der Waals surface area contributed by atoms with Gasteiger partial charge in [0.15, 0.2) is 0 Å². The SMILES string of the molecule is CCCCCCCCCCCCCCCCC(CCCCCCCCCCCCCC)CC(OC(CC(CCCCCCCCCCCCCC)CCCCCCCCCCCCCCCC)C1CO1)C1CO1. The van der Waals surface area contributed by atoms with Crippen molar-refractivity contribution in [3.8, 4) is 0 Å². The molecule has 3 heteroatoms. The molecule has 436 valence electrons. The first-order valence-corrected chi connectivity index (χ1v) is 35.1. The second-order valence-corrected chi connectivity index (χ2v) is 25.3. The molecule has 0 saturated carbocycles. The van der Waals surface area contributed by atoms with Crippen LogP contribution in [0.2, 0.25) is 0 Å². The Kier molecular flexibility index (Phi) is 52.2. The zero-order chi connectivity index (χ0) is 52.0. The van der Waals surface area contributed by atoms with Gasteiger partial charge in [0, 0.05) is 0 Å². The average molecular weight is 1030 g/mol. The van der Waals surface area contributed by atoms with Gasteiger partial charge in [0.1, 0.15) is 12.2 Å². The molecule has 2 aliphatic rings. The molecule has 0 amide bonds. The van der Waals surface area contributed by atoms with Crippen LogP contribution in [0.3, 0.4) is 0 Å². The Bertz CT molecular complexity index is 957.